The molecule has 96 valence electrons. The van der Waals surface area contributed by atoms with Crippen LogP contribution in [0, 0.1) is 0 Å². The number of carbonyl (C=O) groups excluding carboxylic acids is 1. The number of benzene rings is 1. The third-order valence-electron chi connectivity index (χ3n) is 3.27. The number of nitrogens with one attached hydrogen (secondary N) is 1. The summed E-state index contributed by atoms with van der Waals surface area (Å²) in [6.45, 7) is 1.31. The maximum absolute atomic E-state index is 11.5. The maximum Gasteiger partial charge on any atom is 0.330 e. The van der Waals surface area contributed by atoms with Gasteiger partial charge in [-0.25, -0.2) is 4.79 Å². The molecule has 0 radical (unpaired) electrons. The summed E-state index contributed by atoms with van der Waals surface area (Å²) in [6.07, 6.45) is -0.858. The van der Waals surface area contributed by atoms with Crippen LogP contribution in [-0.4, -0.2) is 33.7 Å². The zero-order chi connectivity index (χ0) is 13.3. The fourth-order valence-electron chi connectivity index (χ4n) is 2.10. The second kappa shape index (κ2) is 4.42. The van der Waals surface area contributed by atoms with Crippen LogP contribution in [0.25, 0.3) is 0 Å². The molecule has 5 nitrogen and oxygen atoms in total. The van der Waals surface area contributed by atoms with Crippen molar-refractivity contribution in [3.05, 3.63) is 35.9 Å². The highest BCUT2D eigenvalue weighted by Gasteiger charge is 2.62. The van der Waals surface area contributed by atoms with E-state index in [-0.39, 0.29) is 5.92 Å². The largest absolute Gasteiger partial charge is 0.479 e. The predicted octanol–water partition coefficient (Wildman–Crippen LogP) is 0.494. The minimum Gasteiger partial charge on any atom is -0.479 e. The Morgan fingerprint density at radius 3 is 2.50 bits per heavy atom. The molecule has 0 bridgehead atoms. The summed E-state index contributed by atoms with van der Waals surface area (Å²) in [5, 5.41) is 20.8. The number of hydrogen-bond donors (Lipinski definition) is 3. The molecule has 1 saturated carbocycles. The zero-order valence-electron chi connectivity index (χ0n) is 9.96. The van der Waals surface area contributed by atoms with Crippen molar-refractivity contribution in [2.24, 2.45) is 0 Å². The van der Waals surface area contributed by atoms with Crippen molar-refractivity contribution in [3.63, 3.8) is 0 Å². The van der Waals surface area contributed by atoms with Crippen molar-refractivity contribution in [2.45, 2.75) is 30.9 Å². The Bertz CT molecular complexity index is 471. The van der Waals surface area contributed by atoms with E-state index in [1.807, 2.05) is 30.3 Å². The third kappa shape index (κ3) is 2.09. The molecule has 0 aliphatic heterocycles. The predicted molar refractivity (Wildman–Crippen MR) is 64.0 cm³/mol. The molecule has 0 aromatic heterocycles. The number of rotatable bonds is 4. The van der Waals surface area contributed by atoms with Gasteiger partial charge in [-0.3, -0.25) is 4.79 Å². The zero-order valence-corrected chi connectivity index (χ0v) is 9.96. The fourth-order valence-corrected chi connectivity index (χ4v) is 2.10. The van der Waals surface area contributed by atoms with E-state index in [0.29, 0.717) is 6.42 Å². The van der Waals surface area contributed by atoms with Crippen LogP contribution >= 0.6 is 0 Å². The van der Waals surface area contributed by atoms with Crippen molar-refractivity contribution < 1.29 is 19.8 Å². The normalized spacial score (nSPS) is 27.3. The average molecular weight is 249 g/mol. The summed E-state index contributed by atoms with van der Waals surface area (Å²) < 4.78 is 0. The summed E-state index contributed by atoms with van der Waals surface area (Å²) in [6, 6.07) is 9.18. The molecule has 5 heteroatoms. The highest BCUT2D eigenvalue weighted by Crippen LogP contribution is 2.51. The Labute approximate surface area is 104 Å². The van der Waals surface area contributed by atoms with Crippen molar-refractivity contribution in [3.8, 4) is 0 Å². The lowest BCUT2D eigenvalue weighted by Gasteiger charge is -2.16. The molecule has 1 aliphatic rings. The Balaban J connectivity index is 2.18. The van der Waals surface area contributed by atoms with Crippen molar-refractivity contribution in [1.29, 1.82) is 0 Å². The molecular formula is C13H15NO4. The maximum atomic E-state index is 11.5. The number of hydrogen-bond acceptors (Lipinski definition) is 3. The smallest absolute Gasteiger partial charge is 0.330 e. The van der Waals surface area contributed by atoms with Gasteiger partial charge in [0, 0.05) is 5.92 Å². The van der Waals surface area contributed by atoms with Crippen LogP contribution < -0.4 is 5.32 Å². The first kappa shape index (κ1) is 12.6. The Morgan fingerprint density at radius 1 is 1.39 bits per heavy atom. The number of carbonyl (C=O) groups is 2. The highest BCUT2D eigenvalue weighted by atomic mass is 16.4. The van der Waals surface area contributed by atoms with Crippen LogP contribution in [0.4, 0.5) is 0 Å². The van der Waals surface area contributed by atoms with E-state index in [1.165, 1.54) is 6.92 Å². The summed E-state index contributed by atoms with van der Waals surface area (Å²) in [7, 11) is 0. The van der Waals surface area contributed by atoms with Gasteiger partial charge in [0.15, 0.2) is 0 Å². The fraction of sp³-hybridized carbons (Fsp3) is 0.385. The summed E-state index contributed by atoms with van der Waals surface area (Å²) >= 11 is 0. The van der Waals surface area contributed by atoms with Crippen LogP contribution in [-0.2, 0) is 9.59 Å². The number of carboxylic acids is 1. The summed E-state index contributed by atoms with van der Waals surface area (Å²) in [4.78, 5) is 22.8. The molecule has 0 saturated heterocycles. The third-order valence-corrected chi connectivity index (χ3v) is 3.27. The second-order valence-corrected chi connectivity index (χ2v) is 4.61. The molecule has 0 unspecified atom stereocenters. The van der Waals surface area contributed by atoms with Gasteiger partial charge in [-0.05, 0) is 18.9 Å². The van der Waals surface area contributed by atoms with Gasteiger partial charge in [0.25, 0.3) is 0 Å². The van der Waals surface area contributed by atoms with Gasteiger partial charge in [-0.1, -0.05) is 30.3 Å². The number of carboxylic acid groups (broad SMARTS) is 1. The molecular weight excluding hydrogens is 234 g/mol. The minimum absolute atomic E-state index is 0.237. The van der Waals surface area contributed by atoms with Crippen LogP contribution in [0.5, 0.6) is 0 Å². The van der Waals surface area contributed by atoms with E-state index >= 15 is 0 Å². The lowest BCUT2D eigenvalue weighted by Crippen LogP contribution is -2.48. The highest BCUT2D eigenvalue weighted by molar-refractivity contribution is 5.92. The summed E-state index contributed by atoms with van der Waals surface area (Å²) in [5.41, 5.74) is -0.388. The molecule has 18 heavy (non-hydrogen) atoms. The molecule has 0 heterocycles. The molecule has 1 aromatic carbocycles. The van der Waals surface area contributed by atoms with Crippen LogP contribution in [0.3, 0.4) is 0 Å². The Kier molecular flexibility index (Phi) is 3.09. The molecule has 1 amide bonds. The van der Waals surface area contributed by atoms with E-state index in [4.69, 9.17) is 5.11 Å². The van der Waals surface area contributed by atoms with Gasteiger partial charge in [0.2, 0.25) is 5.91 Å². The minimum atomic E-state index is -1.27. The van der Waals surface area contributed by atoms with E-state index in [2.05, 4.69) is 5.32 Å². The second-order valence-electron chi connectivity index (χ2n) is 4.61. The van der Waals surface area contributed by atoms with Gasteiger partial charge in [0.05, 0.1) is 0 Å². The van der Waals surface area contributed by atoms with E-state index in [0.717, 1.165) is 5.56 Å². The van der Waals surface area contributed by atoms with Gasteiger partial charge >= 0.3 is 5.97 Å². The Hall–Kier alpha value is -1.88. The van der Waals surface area contributed by atoms with Gasteiger partial charge in [-0.15, -0.1) is 0 Å². The van der Waals surface area contributed by atoms with Crippen LogP contribution in [0.2, 0.25) is 0 Å². The monoisotopic (exact) mass is 249 g/mol. The van der Waals surface area contributed by atoms with Gasteiger partial charge in [0.1, 0.15) is 11.6 Å². The average Bonchev–Trinajstić information content (AvgIpc) is 3.06. The lowest BCUT2D eigenvalue weighted by atomic mass is 10.1. The lowest BCUT2D eigenvalue weighted by molar-refractivity contribution is -0.144. The SMILES string of the molecule is C[C@H](O)C(=O)N[C@@]1(C(=O)O)C[C@H]1c1ccccc1. The van der Waals surface area contributed by atoms with Crippen molar-refractivity contribution in [1.82, 2.24) is 5.32 Å². The number of aliphatic hydroxyl groups is 1. The van der Waals surface area contributed by atoms with Gasteiger partial charge in [-0.2, -0.15) is 0 Å². The topological polar surface area (TPSA) is 86.6 Å². The molecule has 0 spiro atoms. The first-order chi connectivity index (χ1) is 8.47. The van der Waals surface area contributed by atoms with Crippen LogP contribution in [0.15, 0.2) is 30.3 Å². The number of aliphatic hydroxyl groups excluding tert-OH is 1. The van der Waals surface area contributed by atoms with Crippen LogP contribution in [0.1, 0.15) is 24.8 Å². The summed E-state index contributed by atoms with van der Waals surface area (Å²) in [5.74, 6) is -1.96. The van der Waals surface area contributed by atoms with E-state index < -0.39 is 23.5 Å². The quantitative estimate of drug-likeness (QED) is 0.725. The molecule has 3 N–H and O–H groups in total. The molecule has 1 aromatic rings. The standard InChI is InChI=1S/C13H15NO4/c1-8(15)11(16)14-13(12(17)18)7-10(13)9-5-3-2-4-6-9/h2-6,8,10,15H,7H2,1H3,(H,14,16)(H,17,18)/t8-,10-,13-/m0/s1. The molecule has 1 fully saturated rings. The number of aliphatic carboxylic acids is 1. The van der Waals surface area contributed by atoms with E-state index in [1.54, 1.807) is 0 Å². The van der Waals surface area contributed by atoms with Crippen molar-refractivity contribution >= 4 is 11.9 Å². The van der Waals surface area contributed by atoms with E-state index in [9.17, 15) is 14.7 Å². The first-order valence-corrected chi connectivity index (χ1v) is 5.76. The van der Waals surface area contributed by atoms with Crippen molar-refractivity contribution in [2.75, 3.05) is 0 Å². The molecule has 3 atom stereocenters. The first-order valence-electron chi connectivity index (χ1n) is 5.76. The van der Waals surface area contributed by atoms with Gasteiger partial charge < -0.3 is 15.5 Å². The Morgan fingerprint density at radius 2 is 2.00 bits per heavy atom. The number of amides is 1. The molecule has 1 aliphatic carbocycles. The molecule has 2 rings (SSSR count).